The minimum absolute atomic E-state index is 0.0175. The predicted octanol–water partition coefficient (Wildman–Crippen LogP) is 1.92. The summed E-state index contributed by atoms with van der Waals surface area (Å²) in [5.74, 6) is 0.757. The fourth-order valence-electron chi connectivity index (χ4n) is 1.90. The van der Waals surface area contributed by atoms with E-state index in [4.69, 9.17) is 4.74 Å². The van der Waals surface area contributed by atoms with Crippen molar-refractivity contribution in [1.82, 2.24) is 4.90 Å². The molecule has 0 aromatic heterocycles. The molecule has 1 fully saturated rings. The standard InChI is InChI=1S/C12H23NO2/c1-5-15-12(14)9(2)8-13(4)10(3)11-6-7-11/h9-11H,5-8H2,1-4H3. The lowest BCUT2D eigenvalue weighted by molar-refractivity contribution is -0.148. The maximum atomic E-state index is 11.4. The third kappa shape index (κ3) is 3.82. The van der Waals surface area contributed by atoms with E-state index in [1.54, 1.807) is 0 Å². The number of esters is 1. The molecule has 0 radical (unpaired) electrons. The Kier molecular flexibility index (Phi) is 4.58. The first-order valence-corrected chi connectivity index (χ1v) is 5.93. The third-order valence-electron chi connectivity index (χ3n) is 3.25. The van der Waals surface area contributed by atoms with Crippen molar-refractivity contribution in [3.8, 4) is 0 Å². The molecule has 2 atom stereocenters. The molecule has 15 heavy (non-hydrogen) atoms. The largest absolute Gasteiger partial charge is 0.466 e. The fraction of sp³-hybridized carbons (Fsp3) is 0.917. The summed E-state index contributed by atoms with van der Waals surface area (Å²) in [5.41, 5.74) is 0. The monoisotopic (exact) mass is 213 g/mol. The molecule has 1 aliphatic rings. The highest BCUT2D eigenvalue weighted by Crippen LogP contribution is 2.34. The highest BCUT2D eigenvalue weighted by Gasteiger charge is 2.31. The van der Waals surface area contributed by atoms with Gasteiger partial charge in [-0.15, -0.1) is 0 Å². The van der Waals surface area contributed by atoms with Crippen LogP contribution in [0.5, 0.6) is 0 Å². The van der Waals surface area contributed by atoms with Crippen molar-refractivity contribution in [2.24, 2.45) is 11.8 Å². The number of carbonyl (C=O) groups is 1. The van der Waals surface area contributed by atoms with Crippen LogP contribution in [-0.2, 0) is 9.53 Å². The summed E-state index contributed by atoms with van der Waals surface area (Å²) in [5, 5.41) is 0. The van der Waals surface area contributed by atoms with E-state index in [-0.39, 0.29) is 11.9 Å². The van der Waals surface area contributed by atoms with Crippen molar-refractivity contribution >= 4 is 5.97 Å². The number of hydrogen-bond acceptors (Lipinski definition) is 3. The molecule has 0 aromatic rings. The quantitative estimate of drug-likeness (QED) is 0.631. The Hall–Kier alpha value is -0.570. The van der Waals surface area contributed by atoms with E-state index in [2.05, 4.69) is 18.9 Å². The summed E-state index contributed by atoms with van der Waals surface area (Å²) in [6.07, 6.45) is 2.69. The van der Waals surface area contributed by atoms with E-state index >= 15 is 0 Å². The molecule has 0 N–H and O–H groups in total. The number of hydrogen-bond donors (Lipinski definition) is 0. The maximum Gasteiger partial charge on any atom is 0.309 e. The number of ether oxygens (including phenoxy) is 1. The molecule has 0 amide bonds. The SMILES string of the molecule is CCOC(=O)C(C)CN(C)C(C)C1CC1. The second kappa shape index (κ2) is 5.50. The van der Waals surface area contributed by atoms with Gasteiger partial charge < -0.3 is 9.64 Å². The summed E-state index contributed by atoms with van der Waals surface area (Å²) >= 11 is 0. The summed E-state index contributed by atoms with van der Waals surface area (Å²) in [6, 6.07) is 0.599. The molecule has 2 unspecified atom stereocenters. The van der Waals surface area contributed by atoms with Gasteiger partial charge in [-0.1, -0.05) is 6.92 Å². The van der Waals surface area contributed by atoms with Crippen LogP contribution in [0, 0.1) is 11.8 Å². The van der Waals surface area contributed by atoms with Gasteiger partial charge in [-0.25, -0.2) is 0 Å². The number of carbonyl (C=O) groups excluding carboxylic acids is 1. The Labute approximate surface area is 92.8 Å². The molecule has 1 rings (SSSR count). The molecule has 0 spiro atoms. The van der Waals surface area contributed by atoms with Crippen molar-refractivity contribution in [2.45, 2.75) is 39.7 Å². The van der Waals surface area contributed by atoms with Crippen LogP contribution >= 0.6 is 0 Å². The van der Waals surface area contributed by atoms with E-state index < -0.39 is 0 Å². The Balaban J connectivity index is 2.29. The first-order chi connectivity index (χ1) is 7.06. The zero-order valence-electron chi connectivity index (χ0n) is 10.3. The number of nitrogens with zero attached hydrogens (tertiary/aromatic N) is 1. The third-order valence-corrected chi connectivity index (χ3v) is 3.25. The maximum absolute atomic E-state index is 11.4. The molecule has 3 heteroatoms. The Morgan fingerprint density at radius 2 is 2.07 bits per heavy atom. The second-order valence-electron chi connectivity index (χ2n) is 4.67. The van der Waals surface area contributed by atoms with Crippen molar-refractivity contribution in [2.75, 3.05) is 20.2 Å². The molecule has 0 saturated heterocycles. The van der Waals surface area contributed by atoms with Gasteiger partial charge in [0.25, 0.3) is 0 Å². The lowest BCUT2D eigenvalue weighted by Crippen LogP contribution is -2.37. The first-order valence-electron chi connectivity index (χ1n) is 5.93. The van der Waals surface area contributed by atoms with E-state index in [1.807, 2.05) is 13.8 Å². The Bertz CT molecular complexity index is 214. The predicted molar refractivity (Wildman–Crippen MR) is 60.6 cm³/mol. The topological polar surface area (TPSA) is 29.5 Å². The van der Waals surface area contributed by atoms with Crippen LogP contribution in [0.15, 0.2) is 0 Å². The van der Waals surface area contributed by atoms with Gasteiger partial charge >= 0.3 is 5.97 Å². The van der Waals surface area contributed by atoms with Gasteiger partial charge in [0.05, 0.1) is 12.5 Å². The molecule has 0 heterocycles. The molecular weight excluding hydrogens is 190 g/mol. The van der Waals surface area contributed by atoms with E-state index in [9.17, 15) is 4.79 Å². The molecule has 0 bridgehead atoms. The molecule has 0 aliphatic heterocycles. The van der Waals surface area contributed by atoms with Crippen LogP contribution in [-0.4, -0.2) is 37.1 Å². The van der Waals surface area contributed by atoms with Crippen molar-refractivity contribution in [1.29, 1.82) is 0 Å². The average molecular weight is 213 g/mol. The second-order valence-corrected chi connectivity index (χ2v) is 4.67. The van der Waals surface area contributed by atoms with E-state index in [0.29, 0.717) is 12.6 Å². The Morgan fingerprint density at radius 1 is 1.47 bits per heavy atom. The van der Waals surface area contributed by atoms with Crippen LogP contribution in [0.4, 0.5) is 0 Å². The highest BCUT2D eigenvalue weighted by atomic mass is 16.5. The average Bonchev–Trinajstić information content (AvgIpc) is 3.00. The van der Waals surface area contributed by atoms with Crippen molar-refractivity contribution < 1.29 is 9.53 Å². The minimum atomic E-state index is -0.0765. The smallest absolute Gasteiger partial charge is 0.309 e. The zero-order chi connectivity index (χ0) is 11.4. The van der Waals surface area contributed by atoms with Crippen LogP contribution in [0.2, 0.25) is 0 Å². The van der Waals surface area contributed by atoms with Crippen LogP contribution in [0.1, 0.15) is 33.6 Å². The van der Waals surface area contributed by atoms with E-state index in [1.165, 1.54) is 12.8 Å². The number of rotatable bonds is 6. The van der Waals surface area contributed by atoms with Gasteiger partial charge in [-0.3, -0.25) is 4.79 Å². The van der Waals surface area contributed by atoms with Gasteiger partial charge in [0.1, 0.15) is 0 Å². The van der Waals surface area contributed by atoms with Gasteiger partial charge in [-0.05, 0) is 39.7 Å². The molecule has 0 aromatic carbocycles. The zero-order valence-corrected chi connectivity index (χ0v) is 10.3. The van der Waals surface area contributed by atoms with Crippen LogP contribution < -0.4 is 0 Å². The van der Waals surface area contributed by atoms with Gasteiger partial charge in [-0.2, -0.15) is 0 Å². The lowest BCUT2D eigenvalue weighted by atomic mass is 10.1. The normalized spacial score (nSPS) is 20.1. The van der Waals surface area contributed by atoms with Gasteiger partial charge in [0, 0.05) is 12.6 Å². The molecule has 3 nitrogen and oxygen atoms in total. The fourth-order valence-corrected chi connectivity index (χ4v) is 1.90. The highest BCUT2D eigenvalue weighted by molar-refractivity contribution is 5.72. The summed E-state index contributed by atoms with van der Waals surface area (Å²) in [6.45, 7) is 7.31. The lowest BCUT2D eigenvalue weighted by Gasteiger charge is -2.26. The minimum Gasteiger partial charge on any atom is -0.466 e. The molecule has 1 saturated carbocycles. The van der Waals surface area contributed by atoms with E-state index in [0.717, 1.165) is 12.5 Å². The summed E-state index contributed by atoms with van der Waals surface area (Å²) in [7, 11) is 2.10. The molecule has 1 aliphatic carbocycles. The summed E-state index contributed by atoms with van der Waals surface area (Å²) < 4.78 is 4.99. The van der Waals surface area contributed by atoms with Gasteiger partial charge in [0.15, 0.2) is 0 Å². The molecule has 88 valence electrons. The van der Waals surface area contributed by atoms with Crippen molar-refractivity contribution in [3.63, 3.8) is 0 Å². The van der Waals surface area contributed by atoms with Crippen molar-refractivity contribution in [3.05, 3.63) is 0 Å². The van der Waals surface area contributed by atoms with Crippen LogP contribution in [0.3, 0.4) is 0 Å². The molecular formula is C12H23NO2. The first kappa shape index (κ1) is 12.5. The summed E-state index contributed by atoms with van der Waals surface area (Å²) in [4.78, 5) is 13.7. The van der Waals surface area contributed by atoms with Crippen LogP contribution in [0.25, 0.3) is 0 Å². The van der Waals surface area contributed by atoms with Gasteiger partial charge in [0.2, 0.25) is 0 Å². The Morgan fingerprint density at radius 3 is 2.53 bits per heavy atom.